The number of methoxy groups -OCH3 is 1. The minimum Gasteiger partial charge on any atom is -0.469 e. The minimum absolute atomic E-state index is 0. The van der Waals surface area contributed by atoms with Crippen LogP contribution in [0.4, 0.5) is 0 Å². The van der Waals surface area contributed by atoms with Gasteiger partial charge in [-0.1, -0.05) is 6.08 Å². The van der Waals surface area contributed by atoms with Crippen LogP contribution < -0.4 is 0 Å². The van der Waals surface area contributed by atoms with Crippen LogP contribution in [0.3, 0.4) is 0 Å². The molecule has 0 aromatic rings. The number of allylic oxidation sites excluding steroid dienone is 1. The van der Waals surface area contributed by atoms with Gasteiger partial charge in [-0.15, -0.1) is 6.58 Å². The Kier molecular flexibility index (Phi) is 36.8. The van der Waals surface area contributed by atoms with E-state index in [0.29, 0.717) is 5.92 Å². The van der Waals surface area contributed by atoms with Gasteiger partial charge in [0.15, 0.2) is 0 Å². The van der Waals surface area contributed by atoms with E-state index in [2.05, 4.69) is 31.5 Å². The monoisotopic (exact) mass is 430 g/mol. The molecule has 0 bridgehead atoms. The Morgan fingerprint density at radius 1 is 1.11 bits per heavy atom. The second-order valence-electron chi connectivity index (χ2n) is 2.38. The molecule has 4 nitrogen and oxygen atoms in total. The van der Waals surface area contributed by atoms with Crippen LogP contribution in [0.2, 0.25) is 0 Å². The van der Waals surface area contributed by atoms with Gasteiger partial charge < -0.3 is 4.74 Å². The molecule has 0 amide bonds. The van der Waals surface area contributed by atoms with Gasteiger partial charge in [-0.05, 0) is 39.0 Å². The third-order valence-corrected chi connectivity index (χ3v) is 1.32. The maximum absolute atomic E-state index is 10.5. The average Bonchev–Trinajstić information content (AvgIpc) is 3.02. The summed E-state index contributed by atoms with van der Waals surface area (Å²) in [7, 11) is 1.31. The fourth-order valence-corrected chi connectivity index (χ4v) is 0.662. The molecule has 0 saturated heterocycles. The molecular weight excluding hydrogens is 416 g/mol. The minimum atomic E-state index is -0.421. The molecule has 1 fully saturated rings. The van der Waals surface area contributed by atoms with E-state index in [-0.39, 0.29) is 21.1 Å². The molecule has 98 valence electrons. The molecule has 1 aliphatic rings. The summed E-state index contributed by atoms with van der Waals surface area (Å²) in [5, 5.41) is 0. The Morgan fingerprint density at radius 2 is 1.42 bits per heavy atom. The molecule has 0 aromatic heterocycles. The molecule has 0 aromatic carbocycles. The van der Waals surface area contributed by atoms with E-state index in [9.17, 15) is 4.79 Å². The number of hydrogen-bond donors (Lipinski definition) is 0. The molecule has 0 atom stereocenters. The molecule has 0 heterocycles. The number of rotatable bonds is 3. The van der Waals surface area contributed by atoms with Crippen LogP contribution in [-0.4, -0.2) is 13.1 Å². The van der Waals surface area contributed by atoms with E-state index >= 15 is 0 Å². The van der Waals surface area contributed by atoms with Gasteiger partial charge in [0.2, 0.25) is 0 Å². The first-order valence-electron chi connectivity index (χ1n) is 4.53. The van der Waals surface area contributed by atoms with Crippen LogP contribution in [0.1, 0.15) is 0 Å². The molecule has 1 rings (SSSR count). The van der Waals surface area contributed by atoms with Crippen molar-refractivity contribution in [3.05, 3.63) is 77.3 Å². The van der Waals surface area contributed by atoms with Gasteiger partial charge in [-0.3, -0.25) is 4.79 Å². The predicted octanol–water partition coefficient (Wildman–Crippen LogP) is 1.90. The van der Waals surface area contributed by atoms with Crippen LogP contribution in [0.15, 0.2) is 12.7 Å². The number of carbonyl (C=O) groups is 1. The largest absolute Gasteiger partial charge is 2.00 e. The van der Waals surface area contributed by atoms with Gasteiger partial charge in [-0.2, -0.15) is 0 Å². The van der Waals surface area contributed by atoms with Gasteiger partial charge in [0, 0.05) is 6.42 Å². The van der Waals surface area contributed by atoms with Crippen LogP contribution in [0.25, 0.3) is 0 Å². The molecule has 8 radical (unpaired) electrons. The van der Waals surface area contributed by atoms with Crippen molar-refractivity contribution in [3.63, 3.8) is 0 Å². The summed E-state index contributed by atoms with van der Waals surface area (Å²) in [5.41, 5.74) is 0. The van der Waals surface area contributed by atoms with Crippen LogP contribution in [-0.2, 0) is 39.9 Å². The van der Waals surface area contributed by atoms with Gasteiger partial charge in [-0.25, -0.2) is 0 Å². The Bertz CT molecular complexity index is 218. The third kappa shape index (κ3) is 23.0. The molecule has 19 heavy (non-hydrogen) atoms. The zero-order valence-corrected chi connectivity index (χ0v) is 13.4. The molecule has 1 saturated carbocycles. The Morgan fingerprint density at radius 3 is 1.63 bits per heavy atom. The third-order valence-electron chi connectivity index (χ3n) is 1.32. The Labute approximate surface area is 130 Å². The van der Waals surface area contributed by atoms with Gasteiger partial charge in [0.05, 0.1) is 13.0 Å². The first kappa shape index (κ1) is 26.8. The van der Waals surface area contributed by atoms with Crippen molar-refractivity contribution >= 4 is 5.97 Å². The molecule has 0 spiro atoms. The summed E-state index contributed by atoms with van der Waals surface area (Å²) < 4.78 is 19.3. The summed E-state index contributed by atoms with van der Waals surface area (Å²) in [6.07, 6.45) is 13.0. The quantitative estimate of drug-likeness (QED) is 0.390. The van der Waals surface area contributed by atoms with Crippen LogP contribution in [0, 0.1) is 64.7 Å². The average molecular weight is 430 g/mol. The van der Waals surface area contributed by atoms with Crippen LogP contribution >= 0.6 is 0 Å². The fourth-order valence-electron chi connectivity index (χ4n) is 0.662. The first-order valence-corrected chi connectivity index (χ1v) is 4.53. The molecule has 5 heteroatoms. The topological polar surface area (TPSA) is 66.1 Å². The molecule has 0 N–H and O–H groups in total. The second-order valence-corrected chi connectivity index (χ2v) is 2.38. The van der Waals surface area contributed by atoms with E-state index in [1.54, 1.807) is 0 Å². The number of esters is 1. The van der Waals surface area contributed by atoms with E-state index in [1.807, 2.05) is 32.1 Å². The SMILES string of the molecule is [C-]#[O+].[C-]#[O+].[CH2][C]([CH]C=C)C(=O)OC.[CH]1[CH][CH][CH][CH]1.[W+2]. The van der Waals surface area contributed by atoms with Crippen molar-refractivity contribution in [1.82, 2.24) is 0 Å². The smallest absolute Gasteiger partial charge is 0.469 e. The normalized spacial score (nSPS) is 10.9. The standard InChI is InChI=1S/C7H9O2.C5H5.2CO.W/c1-4-5-6(2)7(8)9-3;1-2-4-5-3-1;2*1-2;/h4-5H,1-2H2,3H3;1-5H;;;/q;;;;+2. The van der Waals surface area contributed by atoms with Crippen molar-refractivity contribution < 1.29 is 39.9 Å². The Hall–Kier alpha value is -0.622. The second kappa shape index (κ2) is 26.0. The zero-order chi connectivity index (χ0) is 14.8. The summed E-state index contributed by atoms with van der Waals surface area (Å²) in [6.45, 7) is 15.8. The maximum atomic E-state index is 10.5. The van der Waals surface area contributed by atoms with Gasteiger partial charge >= 0.3 is 49.6 Å². The van der Waals surface area contributed by atoms with Gasteiger partial charge in [0.25, 0.3) is 0 Å². The number of ether oxygens (including phenoxy) is 1. The molecule has 0 aliphatic heterocycles. The predicted molar refractivity (Wildman–Crippen MR) is 64.5 cm³/mol. The van der Waals surface area contributed by atoms with E-state index < -0.39 is 5.97 Å². The van der Waals surface area contributed by atoms with Crippen molar-refractivity contribution in [3.8, 4) is 0 Å². The molecule has 0 unspecified atom stereocenters. The summed E-state index contributed by atoms with van der Waals surface area (Å²) in [6, 6.07) is 0. The van der Waals surface area contributed by atoms with Crippen molar-refractivity contribution in [2.45, 2.75) is 0 Å². The van der Waals surface area contributed by atoms with Crippen LogP contribution in [0.5, 0.6) is 0 Å². The van der Waals surface area contributed by atoms with Crippen molar-refractivity contribution in [2.24, 2.45) is 0 Å². The van der Waals surface area contributed by atoms with E-state index in [4.69, 9.17) is 9.30 Å². The van der Waals surface area contributed by atoms with E-state index in [0.717, 1.165) is 0 Å². The molecular formula is C14H14O4W+2. The summed E-state index contributed by atoms with van der Waals surface area (Å²) in [4.78, 5) is 10.5. The van der Waals surface area contributed by atoms with E-state index in [1.165, 1.54) is 19.6 Å². The summed E-state index contributed by atoms with van der Waals surface area (Å²) >= 11 is 0. The summed E-state index contributed by atoms with van der Waals surface area (Å²) in [5.74, 6) is -0.109. The maximum Gasteiger partial charge on any atom is 2.00 e. The first-order chi connectivity index (χ1) is 8.72. The zero-order valence-electron chi connectivity index (χ0n) is 10.5. The Balaban J connectivity index is -0.0000000956. The number of hydrogen-bond acceptors (Lipinski definition) is 2. The fraction of sp³-hybridized carbons (Fsp3) is 0.0714. The molecule has 1 aliphatic carbocycles. The number of carbonyl (C=O) groups excluding carboxylic acids is 1. The van der Waals surface area contributed by atoms with Gasteiger partial charge in [0.1, 0.15) is 0 Å². The van der Waals surface area contributed by atoms with Crippen molar-refractivity contribution in [2.75, 3.05) is 7.11 Å². The van der Waals surface area contributed by atoms with Crippen molar-refractivity contribution in [1.29, 1.82) is 0 Å².